The minimum Gasteiger partial charge on any atom is -0.409 e. The minimum absolute atomic E-state index is 0.0129. The molecule has 0 bridgehead atoms. The number of aromatic nitrogens is 1. The first-order valence-corrected chi connectivity index (χ1v) is 17.1. The molecule has 0 spiro atoms. The molecule has 10 heteroatoms. The Morgan fingerprint density at radius 3 is 2.28 bits per heavy atom. The van der Waals surface area contributed by atoms with E-state index in [1.807, 2.05) is 88.3 Å². The standard InChI is InChI=1S/C40H38ClN5O4/c1-43(2)30-20-22-44(23-21-30)39(48)36-19-17-31-26-46(35-14-8-6-12-28(35)25-45(31)36)38(47)33-18-16-29(24-34(33)41)42-40(49)50-37-15-9-7-13-32(37)27-10-4-3-5-11-27/h3-19,24,30H,20-23,25-26H2,1-2H3,(H,42,49). The van der Waals surface area contributed by atoms with Crippen LogP contribution in [0.5, 0.6) is 5.75 Å². The number of hydrogen-bond acceptors (Lipinski definition) is 5. The first-order valence-electron chi connectivity index (χ1n) is 16.7. The van der Waals surface area contributed by atoms with Gasteiger partial charge in [0.15, 0.2) is 0 Å². The maximum atomic E-state index is 14.2. The molecule has 0 saturated carbocycles. The third-order valence-electron chi connectivity index (χ3n) is 9.57. The van der Waals surface area contributed by atoms with Gasteiger partial charge < -0.3 is 24.0 Å². The number of rotatable bonds is 6. The fraction of sp³-hybridized carbons (Fsp3) is 0.225. The Labute approximate surface area is 296 Å². The van der Waals surface area contributed by atoms with Crippen LogP contribution in [0, 0.1) is 0 Å². The van der Waals surface area contributed by atoms with Gasteiger partial charge in [-0.1, -0.05) is 78.3 Å². The van der Waals surface area contributed by atoms with Gasteiger partial charge in [-0.15, -0.1) is 0 Å². The van der Waals surface area contributed by atoms with Crippen molar-refractivity contribution in [1.29, 1.82) is 0 Å². The molecule has 1 saturated heterocycles. The normalized spacial score (nSPS) is 14.5. The molecule has 50 heavy (non-hydrogen) atoms. The second-order valence-electron chi connectivity index (χ2n) is 12.9. The summed E-state index contributed by atoms with van der Waals surface area (Å²) in [5.74, 6) is 0.137. The Morgan fingerprint density at radius 1 is 0.800 bits per heavy atom. The van der Waals surface area contributed by atoms with Crippen LogP contribution in [0.2, 0.25) is 5.02 Å². The number of anilines is 2. The highest BCUT2D eigenvalue weighted by atomic mass is 35.5. The molecular weight excluding hydrogens is 650 g/mol. The second-order valence-corrected chi connectivity index (χ2v) is 13.3. The van der Waals surface area contributed by atoms with Gasteiger partial charge in [-0.25, -0.2) is 4.79 Å². The highest BCUT2D eigenvalue weighted by Crippen LogP contribution is 2.34. The summed E-state index contributed by atoms with van der Waals surface area (Å²) in [5, 5.41) is 2.92. The van der Waals surface area contributed by atoms with Crippen molar-refractivity contribution in [3.05, 3.63) is 137 Å². The number of amides is 3. The summed E-state index contributed by atoms with van der Waals surface area (Å²) in [4.78, 5) is 46.8. The summed E-state index contributed by atoms with van der Waals surface area (Å²) in [7, 11) is 4.17. The molecule has 3 heterocycles. The van der Waals surface area contributed by atoms with E-state index in [4.69, 9.17) is 16.3 Å². The van der Waals surface area contributed by atoms with Gasteiger partial charge in [-0.3, -0.25) is 14.9 Å². The lowest BCUT2D eigenvalue weighted by Crippen LogP contribution is -2.45. The number of nitrogens with zero attached hydrogens (tertiary/aromatic N) is 4. The van der Waals surface area contributed by atoms with Gasteiger partial charge in [-0.2, -0.15) is 0 Å². The number of piperidine rings is 1. The lowest BCUT2D eigenvalue weighted by atomic mass is 10.0. The van der Waals surface area contributed by atoms with Crippen LogP contribution >= 0.6 is 11.6 Å². The molecule has 254 valence electrons. The average Bonchev–Trinajstić information content (AvgIpc) is 3.44. The van der Waals surface area contributed by atoms with Crippen molar-refractivity contribution in [2.24, 2.45) is 0 Å². The SMILES string of the molecule is CN(C)C1CCN(C(=O)c2ccc3n2Cc2ccccc2N(C(=O)c2ccc(NC(=O)Oc4ccccc4-c4ccccc4)cc2Cl)C3)CC1. The minimum atomic E-state index is -0.682. The highest BCUT2D eigenvalue weighted by Gasteiger charge is 2.31. The van der Waals surface area contributed by atoms with Gasteiger partial charge in [0.2, 0.25) is 0 Å². The van der Waals surface area contributed by atoms with Crippen molar-refractivity contribution in [3.63, 3.8) is 0 Å². The maximum absolute atomic E-state index is 14.2. The van der Waals surface area contributed by atoms with E-state index in [2.05, 4.69) is 24.3 Å². The number of nitrogens with one attached hydrogen (secondary N) is 1. The lowest BCUT2D eigenvalue weighted by Gasteiger charge is -2.35. The lowest BCUT2D eigenvalue weighted by molar-refractivity contribution is 0.0652. The number of fused-ring (bicyclic) bond motifs is 2. The zero-order valence-corrected chi connectivity index (χ0v) is 28.8. The van der Waals surface area contributed by atoms with Crippen LogP contribution in [0.15, 0.2) is 109 Å². The van der Waals surface area contributed by atoms with E-state index in [1.54, 1.807) is 35.2 Å². The number of carbonyl (C=O) groups is 3. The predicted octanol–water partition coefficient (Wildman–Crippen LogP) is 7.79. The Morgan fingerprint density at radius 2 is 1.52 bits per heavy atom. The number of hydrogen-bond donors (Lipinski definition) is 1. The number of para-hydroxylation sites is 2. The van der Waals surface area contributed by atoms with E-state index in [-0.39, 0.29) is 28.9 Å². The van der Waals surface area contributed by atoms with Gasteiger partial charge in [0, 0.05) is 41.8 Å². The summed E-state index contributed by atoms with van der Waals surface area (Å²) in [6.07, 6.45) is 1.20. The van der Waals surface area contributed by atoms with E-state index in [0.717, 1.165) is 40.9 Å². The van der Waals surface area contributed by atoms with Gasteiger partial charge in [-0.05, 0) is 80.5 Å². The van der Waals surface area contributed by atoms with Gasteiger partial charge in [0.1, 0.15) is 11.4 Å². The van der Waals surface area contributed by atoms with E-state index in [1.165, 1.54) is 0 Å². The quantitative estimate of drug-likeness (QED) is 0.197. The molecule has 0 atom stereocenters. The van der Waals surface area contributed by atoms with E-state index < -0.39 is 6.09 Å². The second kappa shape index (κ2) is 14.2. The molecule has 3 amide bonds. The third-order valence-corrected chi connectivity index (χ3v) is 9.88. The molecule has 0 aliphatic carbocycles. The Hall–Kier alpha value is -5.38. The monoisotopic (exact) mass is 687 g/mol. The van der Waals surface area contributed by atoms with Crippen molar-refractivity contribution in [3.8, 4) is 16.9 Å². The van der Waals surface area contributed by atoms with Crippen LogP contribution in [0.3, 0.4) is 0 Å². The molecule has 0 unspecified atom stereocenters. The van der Waals surface area contributed by atoms with Crippen molar-refractivity contribution >= 4 is 40.9 Å². The van der Waals surface area contributed by atoms with Crippen LogP contribution < -0.4 is 15.0 Å². The van der Waals surface area contributed by atoms with E-state index >= 15 is 0 Å². The van der Waals surface area contributed by atoms with Gasteiger partial charge in [0.05, 0.1) is 23.7 Å². The molecule has 5 aromatic rings. The summed E-state index contributed by atoms with van der Waals surface area (Å²) >= 11 is 6.72. The molecule has 7 rings (SSSR count). The number of halogens is 1. The molecule has 9 nitrogen and oxygen atoms in total. The van der Waals surface area contributed by atoms with Crippen LogP contribution in [-0.4, -0.2) is 65.5 Å². The molecule has 4 aromatic carbocycles. The number of likely N-dealkylation sites (tertiary alicyclic amines) is 1. The highest BCUT2D eigenvalue weighted by molar-refractivity contribution is 6.35. The predicted molar refractivity (Wildman–Crippen MR) is 196 cm³/mol. The summed E-state index contributed by atoms with van der Waals surface area (Å²) in [5.41, 5.74) is 5.54. The number of ether oxygens (including phenoxy) is 1. The fourth-order valence-corrected chi connectivity index (χ4v) is 7.10. The van der Waals surface area contributed by atoms with Gasteiger partial charge in [0.25, 0.3) is 11.8 Å². The maximum Gasteiger partial charge on any atom is 0.417 e. The molecule has 2 aliphatic rings. The molecule has 1 aromatic heterocycles. The largest absolute Gasteiger partial charge is 0.417 e. The summed E-state index contributed by atoms with van der Waals surface area (Å²) in [6, 6.07) is 33.8. The molecule has 0 radical (unpaired) electrons. The van der Waals surface area contributed by atoms with Crippen molar-refractivity contribution in [2.45, 2.75) is 32.0 Å². The van der Waals surface area contributed by atoms with E-state index in [9.17, 15) is 14.4 Å². The summed E-state index contributed by atoms with van der Waals surface area (Å²) in [6.45, 7) is 2.15. The van der Waals surface area contributed by atoms with Crippen molar-refractivity contribution in [1.82, 2.24) is 14.4 Å². The van der Waals surface area contributed by atoms with Crippen molar-refractivity contribution in [2.75, 3.05) is 37.4 Å². The van der Waals surface area contributed by atoms with Crippen LogP contribution in [0.4, 0.5) is 16.2 Å². The zero-order valence-electron chi connectivity index (χ0n) is 28.0. The molecule has 1 fully saturated rings. The van der Waals surface area contributed by atoms with E-state index in [0.29, 0.717) is 42.8 Å². The fourth-order valence-electron chi connectivity index (χ4n) is 6.84. The Kier molecular flexibility index (Phi) is 9.43. The first kappa shape index (κ1) is 33.1. The molecule has 1 N–H and O–H groups in total. The topological polar surface area (TPSA) is 87.1 Å². The summed E-state index contributed by atoms with van der Waals surface area (Å²) < 4.78 is 7.71. The van der Waals surface area contributed by atoms with Crippen LogP contribution in [-0.2, 0) is 13.1 Å². The van der Waals surface area contributed by atoms with Gasteiger partial charge >= 0.3 is 6.09 Å². The smallest absolute Gasteiger partial charge is 0.409 e. The number of carbonyl (C=O) groups excluding carboxylic acids is 3. The Balaban J connectivity index is 1.09. The van der Waals surface area contributed by atoms with Crippen LogP contribution in [0.1, 0.15) is 44.9 Å². The molecular formula is C40H38ClN5O4. The first-order chi connectivity index (χ1) is 24.3. The Bertz CT molecular complexity index is 2050. The van der Waals surface area contributed by atoms with Crippen molar-refractivity contribution < 1.29 is 19.1 Å². The third kappa shape index (κ3) is 6.75. The number of benzene rings is 4. The van der Waals surface area contributed by atoms with Crippen LogP contribution in [0.25, 0.3) is 11.1 Å². The average molecular weight is 688 g/mol. The zero-order chi connectivity index (χ0) is 34.8. The molecule has 2 aliphatic heterocycles.